The van der Waals surface area contributed by atoms with Gasteiger partial charge in [-0.3, -0.25) is 4.79 Å². The highest BCUT2D eigenvalue weighted by Crippen LogP contribution is 2.38. The monoisotopic (exact) mass is 430 g/mol. The van der Waals surface area contributed by atoms with Crippen molar-refractivity contribution in [1.82, 2.24) is 0 Å². The molecule has 0 saturated heterocycles. The Hall–Kier alpha value is -4.06. The van der Waals surface area contributed by atoms with Gasteiger partial charge in [-0.2, -0.15) is 0 Å². The highest BCUT2D eigenvalue weighted by atomic mass is 16.5. The van der Waals surface area contributed by atoms with Crippen LogP contribution in [0, 0.1) is 13.8 Å². The molecule has 4 rings (SSSR count). The minimum Gasteiger partial charge on any atom is -0.493 e. The van der Waals surface area contributed by atoms with Gasteiger partial charge in [0, 0.05) is 6.07 Å². The SMILES string of the molecule is COc1ccc(C(=O)Oc2cc(C)c3c(c2)O/C(=C\c2ccccc2C)C3=O)cc1OC. The molecular formula is C26H22O6. The summed E-state index contributed by atoms with van der Waals surface area (Å²) in [5.41, 5.74) is 3.37. The molecule has 6 nitrogen and oxygen atoms in total. The number of ether oxygens (including phenoxy) is 4. The lowest BCUT2D eigenvalue weighted by molar-refractivity contribution is 0.0734. The zero-order valence-corrected chi connectivity index (χ0v) is 18.2. The summed E-state index contributed by atoms with van der Waals surface area (Å²) in [4.78, 5) is 25.6. The lowest BCUT2D eigenvalue weighted by Crippen LogP contribution is -2.09. The molecule has 32 heavy (non-hydrogen) atoms. The van der Waals surface area contributed by atoms with E-state index < -0.39 is 5.97 Å². The van der Waals surface area contributed by atoms with Crippen LogP contribution in [0.5, 0.6) is 23.0 Å². The minimum atomic E-state index is -0.565. The predicted octanol–water partition coefficient (Wildman–Crippen LogP) is 5.16. The summed E-state index contributed by atoms with van der Waals surface area (Å²) in [5, 5.41) is 0. The Morgan fingerprint density at radius 3 is 2.38 bits per heavy atom. The van der Waals surface area contributed by atoms with Crippen LogP contribution in [-0.2, 0) is 0 Å². The number of rotatable bonds is 5. The zero-order chi connectivity index (χ0) is 22.8. The quantitative estimate of drug-likeness (QED) is 0.316. The Balaban J connectivity index is 1.60. The summed E-state index contributed by atoms with van der Waals surface area (Å²) < 4.78 is 21.8. The fourth-order valence-corrected chi connectivity index (χ4v) is 3.56. The van der Waals surface area contributed by atoms with Gasteiger partial charge in [0.1, 0.15) is 11.5 Å². The number of allylic oxidation sites excluding steroid dienone is 1. The molecule has 0 amide bonds. The molecule has 0 unspecified atom stereocenters. The van der Waals surface area contributed by atoms with Crippen LogP contribution in [-0.4, -0.2) is 26.0 Å². The molecule has 0 bridgehead atoms. The van der Waals surface area contributed by atoms with Crippen molar-refractivity contribution in [3.05, 3.63) is 88.2 Å². The van der Waals surface area contributed by atoms with Crippen LogP contribution in [0.4, 0.5) is 0 Å². The number of Topliss-reactive ketones (excluding diaryl/α,β-unsaturated/α-hetero) is 1. The number of fused-ring (bicyclic) bond motifs is 1. The summed E-state index contributed by atoms with van der Waals surface area (Å²) in [7, 11) is 3.01. The predicted molar refractivity (Wildman–Crippen MR) is 120 cm³/mol. The summed E-state index contributed by atoms with van der Waals surface area (Å²) in [6, 6.07) is 15.7. The first-order valence-electron chi connectivity index (χ1n) is 10.00. The minimum absolute atomic E-state index is 0.196. The second kappa shape index (κ2) is 8.59. The van der Waals surface area contributed by atoms with Crippen LogP contribution >= 0.6 is 0 Å². The molecule has 1 aliphatic heterocycles. The van der Waals surface area contributed by atoms with E-state index in [1.807, 2.05) is 31.2 Å². The molecule has 0 N–H and O–H groups in total. The van der Waals surface area contributed by atoms with Gasteiger partial charge in [0.15, 0.2) is 17.3 Å². The molecular weight excluding hydrogens is 408 g/mol. The maximum absolute atomic E-state index is 12.9. The molecule has 0 fully saturated rings. The first-order chi connectivity index (χ1) is 15.4. The van der Waals surface area contributed by atoms with Gasteiger partial charge in [-0.25, -0.2) is 4.79 Å². The fourth-order valence-electron chi connectivity index (χ4n) is 3.56. The molecule has 162 valence electrons. The first-order valence-corrected chi connectivity index (χ1v) is 10.00. The van der Waals surface area contributed by atoms with Crippen LogP contribution in [0.15, 0.2) is 60.4 Å². The van der Waals surface area contributed by atoms with E-state index in [1.54, 1.807) is 43.3 Å². The number of esters is 1. The average molecular weight is 430 g/mol. The van der Waals surface area contributed by atoms with Gasteiger partial charge in [0.2, 0.25) is 5.78 Å². The molecule has 0 aromatic heterocycles. The van der Waals surface area contributed by atoms with Gasteiger partial charge in [-0.05, 0) is 60.9 Å². The smallest absolute Gasteiger partial charge is 0.343 e. The van der Waals surface area contributed by atoms with E-state index in [0.29, 0.717) is 33.9 Å². The second-order valence-electron chi connectivity index (χ2n) is 7.37. The largest absolute Gasteiger partial charge is 0.493 e. The van der Waals surface area contributed by atoms with Crippen LogP contribution in [0.1, 0.15) is 37.4 Å². The fraction of sp³-hybridized carbons (Fsp3) is 0.154. The number of methoxy groups -OCH3 is 2. The molecule has 0 aliphatic carbocycles. The number of ketones is 1. The van der Waals surface area contributed by atoms with Gasteiger partial charge in [0.25, 0.3) is 0 Å². The van der Waals surface area contributed by atoms with E-state index in [0.717, 1.165) is 11.1 Å². The maximum atomic E-state index is 12.9. The maximum Gasteiger partial charge on any atom is 0.343 e. The molecule has 6 heteroatoms. The lowest BCUT2D eigenvalue weighted by Gasteiger charge is -2.10. The van der Waals surface area contributed by atoms with Gasteiger partial charge in [0.05, 0.1) is 25.3 Å². The van der Waals surface area contributed by atoms with E-state index in [9.17, 15) is 9.59 Å². The number of aryl methyl sites for hydroxylation is 2. The van der Waals surface area contributed by atoms with Crippen molar-refractivity contribution >= 4 is 17.8 Å². The van der Waals surface area contributed by atoms with Gasteiger partial charge < -0.3 is 18.9 Å². The summed E-state index contributed by atoms with van der Waals surface area (Å²) in [5.74, 6) is 1.06. The van der Waals surface area contributed by atoms with Crippen molar-refractivity contribution in [3.63, 3.8) is 0 Å². The van der Waals surface area contributed by atoms with E-state index in [2.05, 4.69) is 0 Å². The molecule has 1 heterocycles. The summed E-state index contributed by atoms with van der Waals surface area (Å²) >= 11 is 0. The lowest BCUT2D eigenvalue weighted by atomic mass is 10.0. The molecule has 0 atom stereocenters. The number of benzene rings is 3. The van der Waals surface area contributed by atoms with E-state index in [-0.39, 0.29) is 17.3 Å². The zero-order valence-electron chi connectivity index (χ0n) is 18.2. The van der Waals surface area contributed by atoms with Crippen LogP contribution in [0.25, 0.3) is 6.08 Å². The van der Waals surface area contributed by atoms with Crippen molar-refractivity contribution in [2.75, 3.05) is 14.2 Å². The molecule has 0 saturated carbocycles. The second-order valence-corrected chi connectivity index (χ2v) is 7.37. The summed E-state index contributed by atoms with van der Waals surface area (Å²) in [6.07, 6.45) is 1.73. The van der Waals surface area contributed by atoms with Crippen molar-refractivity contribution in [1.29, 1.82) is 0 Å². The van der Waals surface area contributed by atoms with Crippen molar-refractivity contribution in [2.24, 2.45) is 0 Å². The van der Waals surface area contributed by atoms with Gasteiger partial charge >= 0.3 is 5.97 Å². The van der Waals surface area contributed by atoms with Gasteiger partial charge in [-0.1, -0.05) is 24.3 Å². The molecule has 3 aromatic carbocycles. The third kappa shape index (κ3) is 3.95. The Morgan fingerprint density at radius 1 is 0.906 bits per heavy atom. The Labute approximate surface area is 186 Å². The van der Waals surface area contributed by atoms with Crippen LogP contribution in [0.2, 0.25) is 0 Å². The number of hydrogen-bond donors (Lipinski definition) is 0. The van der Waals surface area contributed by atoms with Crippen LogP contribution < -0.4 is 18.9 Å². The number of hydrogen-bond acceptors (Lipinski definition) is 6. The van der Waals surface area contributed by atoms with E-state index >= 15 is 0 Å². The van der Waals surface area contributed by atoms with E-state index in [1.165, 1.54) is 14.2 Å². The normalized spacial score (nSPS) is 13.5. The number of carbonyl (C=O) groups excluding carboxylic acids is 2. The highest BCUT2D eigenvalue weighted by molar-refractivity contribution is 6.15. The third-order valence-corrected chi connectivity index (χ3v) is 5.25. The van der Waals surface area contributed by atoms with Gasteiger partial charge in [-0.15, -0.1) is 0 Å². The standard InChI is InChI=1S/C26H22O6/c1-15-7-5-6-8-17(15)12-23-25(27)24-16(2)11-19(14-22(24)32-23)31-26(28)18-9-10-20(29-3)21(13-18)30-4/h5-14H,1-4H3/b23-12-. The Kier molecular flexibility index (Phi) is 5.69. The Bertz CT molecular complexity index is 1260. The number of carbonyl (C=O) groups is 2. The topological polar surface area (TPSA) is 71.1 Å². The molecule has 3 aromatic rings. The molecule has 0 spiro atoms. The molecule has 1 aliphatic rings. The third-order valence-electron chi connectivity index (χ3n) is 5.25. The summed E-state index contributed by atoms with van der Waals surface area (Å²) in [6.45, 7) is 3.75. The molecule has 0 radical (unpaired) electrons. The van der Waals surface area contributed by atoms with Crippen LogP contribution in [0.3, 0.4) is 0 Å². The van der Waals surface area contributed by atoms with Crippen molar-refractivity contribution in [3.8, 4) is 23.0 Å². The van der Waals surface area contributed by atoms with Crippen molar-refractivity contribution in [2.45, 2.75) is 13.8 Å². The van der Waals surface area contributed by atoms with Crippen molar-refractivity contribution < 1.29 is 28.5 Å². The Morgan fingerprint density at radius 2 is 1.66 bits per heavy atom. The highest BCUT2D eigenvalue weighted by Gasteiger charge is 2.30. The van der Waals surface area contributed by atoms with E-state index in [4.69, 9.17) is 18.9 Å². The average Bonchev–Trinajstić information content (AvgIpc) is 3.10. The first kappa shape index (κ1) is 21.2.